The largest absolute Gasteiger partial charge is 0.465 e. The van der Waals surface area contributed by atoms with E-state index in [1.54, 1.807) is 19.1 Å². The second-order valence-electron chi connectivity index (χ2n) is 8.02. The molecule has 0 saturated carbocycles. The van der Waals surface area contributed by atoms with Gasteiger partial charge in [-0.15, -0.1) is 0 Å². The highest BCUT2D eigenvalue weighted by molar-refractivity contribution is 5.92. The fraction of sp³-hybridized carbons (Fsp3) is 0.545. The Bertz CT molecular complexity index is 849. The minimum atomic E-state index is -1.12. The van der Waals surface area contributed by atoms with Gasteiger partial charge < -0.3 is 23.7 Å². The standard InChI is InChI=1S/C22H28O7/c1-12(2)13-6-7-15(23)8-14-11-22(3,29-20(14)24)19(26-4)18-10-16(21(25)27-5)17(9-13)28-18/h10-11,13,15,19,23H,1,6-9H2,2-5H3/t13-,15-,19+,22-/m0/s1. The lowest BCUT2D eigenvalue weighted by Gasteiger charge is -2.28. The maximum absolute atomic E-state index is 12.4. The van der Waals surface area contributed by atoms with Crippen molar-refractivity contribution in [3.05, 3.63) is 47.0 Å². The predicted octanol–water partition coefficient (Wildman–Crippen LogP) is 3.28. The summed E-state index contributed by atoms with van der Waals surface area (Å²) in [6.07, 6.45) is 2.01. The van der Waals surface area contributed by atoms with Crippen LogP contribution < -0.4 is 0 Å². The Labute approximate surface area is 170 Å². The van der Waals surface area contributed by atoms with Crippen LogP contribution in [-0.2, 0) is 25.4 Å². The normalized spacial score (nSPS) is 29.8. The molecule has 0 amide bonds. The Morgan fingerprint density at radius 3 is 2.66 bits per heavy atom. The van der Waals surface area contributed by atoms with Crippen molar-refractivity contribution in [2.45, 2.75) is 57.3 Å². The van der Waals surface area contributed by atoms with Crippen molar-refractivity contribution in [1.29, 1.82) is 0 Å². The van der Waals surface area contributed by atoms with Crippen LogP contribution in [0.5, 0.6) is 0 Å². The van der Waals surface area contributed by atoms with Crippen molar-refractivity contribution in [3.63, 3.8) is 0 Å². The summed E-state index contributed by atoms with van der Waals surface area (Å²) in [5.41, 5.74) is 0.528. The first-order chi connectivity index (χ1) is 13.7. The number of rotatable bonds is 3. The van der Waals surface area contributed by atoms with Crippen LogP contribution in [-0.4, -0.2) is 43.0 Å². The fourth-order valence-electron chi connectivity index (χ4n) is 4.11. The van der Waals surface area contributed by atoms with Crippen molar-refractivity contribution in [3.8, 4) is 0 Å². The van der Waals surface area contributed by atoms with Gasteiger partial charge in [0.1, 0.15) is 17.1 Å². The lowest BCUT2D eigenvalue weighted by molar-refractivity contribution is -0.157. The molecule has 4 atom stereocenters. The Hall–Kier alpha value is -2.38. The van der Waals surface area contributed by atoms with Crippen molar-refractivity contribution in [2.24, 2.45) is 5.92 Å². The highest BCUT2D eigenvalue weighted by Crippen LogP contribution is 2.42. The van der Waals surface area contributed by atoms with E-state index in [2.05, 4.69) is 6.58 Å². The molecule has 4 bridgehead atoms. The number of aliphatic hydroxyl groups is 1. The molecule has 1 N–H and O–H groups in total. The summed E-state index contributed by atoms with van der Waals surface area (Å²) in [5.74, 6) is -0.157. The summed E-state index contributed by atoms with van der Waals surface area (Å²) in [6, 6.07) is 1.59. The average molecular weight is 404 g/mol. The molecular weight excluding hydrogens is 376 g/mol. The maximum Gasteiger partial charge on any atom is 0.341 e. The van der Waals surface area contributed by atoms with Gasteiger partial charge in [-0.1, -0.05) is 12.2 Å². The summed E-state index contributed by atoms with van der Waals surface area (Å²) in [7, 11) is 2.80. The number of furan rings is 1. The molecule has 2 aliphatic heterocycles. The molecule has 1 aromatic heterocycles. The average Bonchev–Trinajstić information content (AvgIpc) is 3.18. The Kier molecular flexibility index (Phi) is 6.00. The molecule has 0 radical (unpaired) electrons. The van der Waals surface area contributed by atoms with Gasteiger partial charge in [0.2, 0.25) is 0 Å². The predicted molar refractivity (Wildman–Crippen MR) is 104 cm³/mol. The molecule has 3 heterocycles. The third-order valence-electron chi connectivity index (χ3n) is 5.72. The van der Waals surface area contributed by atoms with E-state index >= 15 is 0 Å². The van der Waals surface area contributed by atoms with Crippen LogP contribution in [0.3, 0.4) is 0 Å². The molecule has 0 unspecified atom stereocenters. The van der Waals surface area contributed by atoms with E-state index in [4.69, 9.17) is 18.6 Å². The van der Waals surface area contributed by atoms with E-state index in [0.29, 0.717) is 41.9 Å². The van der Waals surface area contributed by atoms with E-state index in [-0.39, 0.29) is 12.3 Å². The Balaban J connectivity index is 2.13. The van der Waals surface area contributed by atoms with Gasteiger partial charge in [0, 0.05) is 25.5 Å². The SMILES string of the molecule is C=C(C)[C@H]1CC[C@H](O)CC2=C[C@](C)(OC2=O)[C@H](OC)c2cc(C(=O)OC)c(o2)C1. The molecule has 1 aromatic rings. The zero-order valence-electron chi connectivity index (χ0n) is 17.3. The molecule has 0 aromatic carbocycles. The third-order valence-corrected chi connectivity index (χ3v) is 5.72. The van der Waals surface area contributed by atoms with Crippen molar-refractivity contribution >= 4 is 11.9 Å². The van der Waals surface area contributed by atoms with Crippen molar-refractivity contribution in [2.75, 3.05) is 14.2 Å². The highest BCUT2D eigenvalue weighted by Gasteiger charge is 2.46. The van der Waals surface area contributed by atoms with Crippen LogP contribution >= 0.6 is 0 Å². The summed E-state index contributed by atoms with van der Waals surface area (Å²) >= 11 is 0. The zero-order valence-corrected chi connectivity index (χ0v) is 17.3. The molecular formula is C22H28O7. The number of ether oxygens (including phenoxy) is 3. The molecule has 0 spiro atoms. The minimum Gasteiger partial charge on any atom is -0.465 e. The van der Waals surface area contributed by atoms with Crippen LogP contribution in [0.15, 0.2) is 34.3 Å². The molecule has 0 saturated heterocycles. The van der Waals surface area contributed by atoms with E-state index in [1.165, 1.54) is 14.2 Å². The van der Waals surface area contributed by atoms with Gasteiger partial charge >= 0.3 is 11.9 Å². The number of carbonyl (C=O) groups excluding carboxylic acids is 2. The first-order valence-electron chi connectivity index (χ1n) is 9.70. The van der Waals surface area contributed by atoms with Crippen LogP contribution in [0.4, 0.5) is 0 Å². The number of methoxy groups -OCH3 is 2. The molecule has 0 fully saturated rings. The van der Waals surface area contributed by atoms with Crippen LogP contribution in [0.25, 0.3) is 0 Å². The smallest absolute Gasteiger partial charge is 0.341 e. The summed E-state index contributed by atoms with van der Waals surface area (Å²) in [5, 5.41) is 10.5. The monoisotopic (exact) mass is 404 g/mol. The Morgan fingerprint density at radius 1 is 1.31 bits per heavy atom. The molecule has 7 nitrogen and oxygen atoms in total. The number of esters is 2. The summed E-state index contributed by atoms with van der Waals surface area (Å²) in [6.45, 7) is 7.68. The number of aliphatic hydroxyl groups excluding tert-OH is 1. The first kappa shape index (κ1) is 21.3. The third kappa shape index (κ3) is 4.16. The molecule has 3 rings (SSSR count). The van der Waals surface area contributed by atoms with Gasteiger partial charge in [0.05, 0.1) is 13.2 Å². The number of hydrogen-bond donors (Lipinski definition) is 1. The van der Waals surface area contributed by atoms with Gasteiger partial charge in [0.15, 0.2) is 11.7 Å². The van der Waals surface area contributed by atoms with Crippen molar-refractivity contribution < 1.29 is 33.3 Å². The molecule has 158 valence electrons. The molecule has 7 heteroatoms. The van der Waals surface area contributed by atoms with Crippen LogP contribution in [0.2, 0.25) is 0 Å². The fourth-order valence-corrected chi connectivity index (χ4v) is 4.11. The zero-order chi connectivity index (χ0) is 21.3. The second-order valence-corrected chi connectivity index (χ2v) is 8.02. The minimum absolute atomic E-state index is 0.00232. The van der Waals surface area contributed by atoms with Gasteiger partial charge in [-0.3, -0.25) is 0 Å². The van der Waals surface area contributed by atoms with Gasteiger partial charge in [-0.2, -0.15) is 0 Å². The van der Waals surface area contributed by atoms with E-state index in [0.717, 1.165) is 5.57 Å². The number of fused-ring (bicyclic) bond motifs is 3. The maximum atomic E-state index is 12.4. The van der Waals surface area contributed by atoms with E-state index in [9.17, 15) is 14.7 Å². The quantitative estimate of drug-likeness (QED) is 0.610. The highest BCUT2D eigenvalue weighted by atomic mass is 16.6. The lowest BCUT2D eigenvalue weighted by atomic mass is 9.88. The second kappa shape index (κ2) is 8.16. The van der Waals surface area contributed by atoms with Crippen LogP contribution in [0.1, 0.15) is 61.1 Å². The van der Waals surface area contributed by atoms with E-state index < -0.39 is 29.7 Å². The molecule has 0 aliphatic carbocycles. The number of hydrogen-bond acceptors (Lipinski definition) is 7. The summed E-state index contributed by atoms with van der Waals surface area (Å²) < 4.78 is 22.2. The lowest BCUT2D eigenvalue weighted by Crippen LogP contribution is -2.33. The number of allylic oxidation sites excluding steroid dienone is 1. The molecule has 2 aliphatic rings. The van der Waals surface area contributed by atoms with Gasteiger partial charge in [-0.05, 0) is 44.7 Å². The van der Waals surface area contributed by atoms with Gasteiger partial charge in [-0.25, -0.2) is 9.59 Å². The van der Waals surface area contributed by atoms with Crippen molar-refractivity contribution in [1.82, 2.24) is 0 Å². The first-order valence-corrected chi connectivity index (χ1v) is 9.70. The van der Waals surface area contributed by atoms with Crippen LogP contribution in [0, 0.1) is 5.92 Å². The topological polar surface area (TPSA) is 95.2 Å². The summed E-state index contributed by atoms with van der Waals surface area (Å²) in [4.78, 5) is 24.8. The van der Waals surface area contributed by atoms with E-state index in [1.807, 2.05) is 6.92 Å². The number of carbonyl (C=O) groups is 2. The molecule has 29 heavy (non-hydrogen) atoms. The van der Waals surface area contributed by atoms with Gasteiger partial charge in [0.25, 0.3) is 0 Å². The Morgan fingerprint density at radius 2 is 2.03 bits per heavy atom.